The molecule has 4 rings (SSSR count). The van der Waals surface area contributed by atoms with E-state index >= 15 is 0 Å². The van der Waals surface area contributed by atoms with Crippen molar-refractivity contribution in [1.29, 1.82) is 5.26 Å². The molecule has 1 saturated heterocycles. The van der Waals surface area contributed by atoms with Gasteiger partial charge in [-0.05, 0) is 39.0 Å². The molecule has 2 aromatic heterocycles. The van der Waals surface area contributed by atoms with E-state index < -0.39 is 24.8 Å². The Kier molecular flexibility index (Phi) is 9.30. The van der Waals surface area contributed by atoms with Crippen LogP contribution < -0.4 is 10.1 Å². The van der Waals surface area contributed by atoms with E-state index in [2.05, 4.69) is 31.4 Å². The minimum absolute atomic E-state index is 0.167. The number of alkyl halides is 1. The first kappa shape index (κ1) is 28.5. The number of benzene rings is 1. The van der Waals surface area contributed by atoms with Crippen molar-refractivity contribution in [3.8, 4) is 23.2 Å². The Balaban J connectivity index is 0.00000195. The number of aromatic nitrogens is 5. The number of anilines is 2. The quantitative estimate of drug-likeness (QED) is 0.496. The maximum Gasteiger partial charge on any atom is 0.248 e. The highest BCUT2D eigenvalue weighted by Gasteiger charge is 2.33. The minimum Gasteiger partial charge on any atom is -0.486 e. The number of amides is 1. The lowest BCUT2D eigenvalue weighted by atomic mass is 10.0. The second-order valence-electron chi connectivity index (χ2n) is 9.38. The first-order valence-corrected chi connectivity index (χ1v) is 12.4. The van der Waals surface area contributed by atoms with Gasteiger partial charge in [0.25, 0.3) is 0 Å². The van der Waals surface area contributed by atoms with Crippen LogP contribution in [0.2, 0.25) is 0 Å². The summed E-state index contributed by atoms with van der Waals surface area (Å²) in [6, 6.07) is 6.91. The summed E-state index contributed by atoms with van der Waals surface area (Å²) in [6.07, 6.45) is 2.88. The zero-order valence-electron chi connectivity index (χ0n) is 22.2. The summed E-state index contributed by atoms with van der Waals surface area (Å²) in [5.74, 6) is 0.375. The van der Waals surface area contributed by atoms with Gasteiger partial charge in [-0.15, -0.1) is 0 Å². The highest BCUT2D eigenvalue weighted by Crippen LogP contribution is 2.28. The summed E-state index contributed by atoms with van der Waals surface area (Å²) in [5.41, 5.74) is 1.32. The maximum absolute atomic E-state index is 14.6. The number of likely N-dealkylation sites (tertiary alicyclic amines) is 1. The molecular formula is C26H33FN8O3. The number of halogens is 1. The van der Waals surface area contributed by atoms with Gasteiger partial charge < -0.3 is 20.1 Å². The van der Waals surface area contributed by atoms with Gasteiger partial charge in [-0.3, -0.25) is 9.48 Å². The van der Waals surface area contributed by atoms with Gasteiger partial charge in [-0.1, -0.05) is 13.8 Å². The van der Waals surface area contributed by atoms with Gasteiger partial charge in [0.05, 0.1) is 29.5 Å². The van der Waals surface area contributed by atoms with Crippen LogP contribution in [0.3, 0.4) is 0 Å². The maximum atomic E-state index is 14.6. The smallest absolute Gasteiger partial charge is 0.248 e. The monoisotopic (exact) mass is 524 g/mol. The predicted octanol–water partition coefficient (Wildman–Crippen LogP) is 3.44. The van der Waals surface area contributed by atoms with Crippen molar-refractivity contribution in [2.45, 2.75) is 58.9 Å². The van der Waals surface area contributed by atoms with E-state index in [1.54, 1.807) is 24.4 Å². The van der Waals surface area contributed by atoms with Gasteiger partial charge >= 0.3 is 0 Å². The topological polar surface area (TPSA) is 142 Å². The molecule has 38 heavy (non-hydrogen) atoms. The molecule has 0 radical (unpaired) electrons. The molecule has 11 nitrogen and oxygen atoms in total. The number of carbonyl (C=O) groups is 1. The Morgan fingerprint density at radius 3 is 2.71 bits per heavy atom. The van der Waals surface area contributed by atoms with Crippen molar-refractivity contribution in [1.82, 2.24) is 29.6 Å². The van der Waals surface area contributed by atoms with Crippen LogP contribution in [0.15, 0.2) is 36.9 Å². The fraction of sp³-hybridized carbons (Fsp3) is 0.462. The first-order chi connectivity index (χ1) is 18.2. The van der Waals surface area contributed by atoms with Crippen LogP contribution in [0.4, 0.5) is 16.0 Å². The molecule has 3 heterocycles. The Hall–Kier alpha value is -4.11. The largest absolute Gasteiger partial charge is 0.486 e. The number of nitrogens with one attached hydrogen (secondary N) is 1. The van der Waals surface area contributed by atoms with Crippen molar-refractivity contribution >= 4 is 17.5 Å². The number of nitriles is 1. The third-order valence-electron chi connectivity index (χ3n) is 5.70. The standard InChI is InChI=1S/C24H27FN8O3.C2H6/c1-24(2,3)33-11-17(10-29-33)30-23-28-14-27-22(31-23)15-4-5-19(16(8-15)9-26)36-20-6-7-32(12-18(20)25)21(35)13-34;1-2/h4-5,8,10-11,14,18,20,34H,6-7,12-13H2,1-3H3,(H,27,28,30,31);1-2H3/t18-,20?;/m1./s1. The Labute approximate surface area is 221 Å². The summed E-state index contributed by atoms with van der Waals surface area (Å²) in [5, 5.41) is 26.1. The number of hydrogen-bond acceptors (Lipinski definition) is 9. The van der Waals surface area contributed by atoms with E-state index in [1.165, 1.54) is 11.2 Å². The summed E-state index contributed by atoms with van der Waals surface area (Å²) in [7, 11) is 0. The lowest BCUT2D eigenvalue weighted by Crippen LogP contribution is -2.50. The van der Waals surface area contributed by atoms with Crippen LogP contribution in [0.1, 0.15) is 46.6 Å². The Bertz CT molecular complexity index is 1280. The molecule has 2 N–H and O–H groups in total. The van der Waals surface area contributed by atoms with E-state index in [0.29, 0.717) is 17.3 Å². The number of nitrogens with zero attached hydrogens (tertiary/aromatic N) is 7. The molecule has 0 aliphatic carbocycles. The second-order valence-corrected chi connectivity index (χ2v) is 9.38. The number of aliphatic hydroxyl groups excluding tert-OH is 1. The summed E-state index contributed by atoms with van der Waals surface area (Å²) in [4.78, 5) is 25.7. The summed E-state index contributed by atoms with van der Waals surface area (Å²) >= 11 is 0. The minimum atomic E-state index is -1.44. The van der Waals surface area contributed by atoms with Gasteiger partial charge in [0.15, 0.2) is 12.0 Å². The van der Waals surface area contributed by atoms with Crippen LogP contribution in [0, 0.1) is 11.3 Å². The van der Waals surface area contributed by atoms with Gasteiger partial charge in [0.2, 0.25) is 11.9 Å². The van der Waals surface area contributed by atoms with Gasteiger partial charge in [-0.2, -0.15) is 15.3 Å². The second kappa shape index (κ2) is 12.4. The van der Waals surface area contributed by atoms with Crippen LogP contribution in [0.5, 0.6) is 5.75 Å². The molecule has 1 fully saturated rings. The SMILES string of the molecule is CC.CC(C)(C)n1cc(Nc2ncnc(-c3ccc(OC4CCN(C(=O)CO)C[C@H]4F)c(C#N)c3)n2)cn1. The molecule has 1 aromatic carbocycles. The summed E-state index contributed by atoms with van der Waals surface area (Å²) in [6.45, 7) is 9.56. The molecule has 0 bridgehead atoms. The zero-order valence-corrected chi connectivity index (χ0v) is 22.2. The lowest BCUT2D eigenvalue weighted by Gasteiger charge is -2.34. The molecule has 12 heteroatoms. The third-order valence-corrected chi connectivity index (χ3v) is 5.70. The normalized spacial score (nSPS) is 17.2. The Morgan fingerprint density at radius 2 is 2.08 bits per heavy atom. The van der Waals surface area contributed by atoms with Crippen LogP contribution >= 0.6 is 0 Å². The van der Waals surface area contributed by atoms with Crippen molar-refractivity contribution < 1.29 is 19.0 Å². The molecule has 202 valence electrons. The van der Waals surface area contributed by atoms with Crippen molar-refractivity contribution in [3.05, 3.63) is 42.5 Å². The highest BCUT2D eigenvalue weighted by atomic mass is 19.1. The van der Waals surface area contributed by atoms with Gasteiger partial charge in [0, 0.05) is 24.7 Å². The molecule has 1 aliphatic heterocycles. The van der Waals surface area contributed by atoms with Crippen molar-refractivity contribution in [2.24, 2.45) is 0 Å². The third kappa shape index (κ3) is 6.80. The fourth-order valence-electron chi connectivity index (χ4n) is 3.74. The first-order valence-electron chi connectivity index (χ1n) is 12.4. The van der Waals surface area contributed by atoms with Crippen LogP contribution in [-0.4, -0.2) is 72.6 Å². The van der Waals surface area contributed by atoms with E-state index in [9.17, 15) is 14.4 Å². The molecule has 3 aromatic rings. The molecular weight excluding hydrogens is 491 g/mol. The number of ether oxygens (including phenoxy) is 1. The number of carbonyl (C=O) groups excluding carboxylic acids is 1. The van der Waals surface area contributed by atoms with Gasteiger partial charge in [-0.25, -0.2) is 14.4 Å². The average Bonchev–Trinajstić information content (AvgIpc) is 3.40. The fourth-order valence-corrected chi connectivity index (χ4v) is 3.74. The molecule has 2 atom stereocenters. The van der Waals surface area contributed by atoms with E-state index in [1.807, 2.05) is 45.5 Å². The molecule has 1 unspecified atom stereocenters. The summed E-state index contributed by atoms with van der Waals surface area (Å²) < 4.78 is 22.3. The van der Waals surface area contributed by atoms with E-state index in [-0.39, 0.29) is 36.4 Å². The van der Waals surface area contributed by atoms with Crippen molar-refractivity contribution in [2.75, 3.05) is 25.0 Å². The van der Waals surface area contributed by atoms with E-state index in [0.717, 1.165) is 5.69 Å². The van der Waals surface area contributed by atoms with Crippen LogP contribution in [-0.2, 0) is 10.3 Å². The number of hydrogen-bond donors (Lipinski definition) is 2. The molecule has 0 spiro atoms. The number of piperidine rings is 1. The predicted molar refractivity (Wildman–Crippen MR) is 139 cm³/mol. The van der Waals surface area contributed by atoms with Crippen molar-refractivity contribution in [3.63, 3.8) is 0 Å². The molecule has 1 amide bonds. The number of rotatable bonds is 6. The molecule has 0 saturated carbocycles. The highest BCUT2D eigenvalue weighted by molar-refractivity contribution is 5.77. The van der Waals surface area contributed by atoms with E-state index in [4.69, 9.17) is 9.84 Å². The lowest BCUT2D eigenvalue weighted by molar-refractivity contribution is -0.138. The van der Waals surface area contributed by atoms with Gasteiger partial charge in [0.1, 0.15) is 30.9 Å². The zero-order chi connectivity index (χ0) is 27.9. The molecule has 1 aliphatic rings. The average molecular weight is 525 g/mol. The van der Waals surface area contributed by atoms with Crippen LogP contribution in [0.25, 0.3) is 11.4 Å². The number of aliphatic hydroxyl groups is 1. The Morgan fingerprint density at radius 1 is 1.32 bits per heavy atom.